The van der Waals surface area contributed by atoms with Crippen molar-refractivity contribution >= 4 is 15.9 Å². The van der Waals surface area contributed by atoms with Gasteiger partial charge in [0.05, 0.1) is 12.8 Å². The topological polar surface area (TPSA) is 35.0 Å². The number of ether oxygens (including phenoxy) is 1. The van der Waals surface area contributed by atoms with Gasteiger partial charge in [-0.25, -0.2) is 4.98 Å². The van der Waals surface area contributed by atoms with Gasteiger partial charge in [-0.2, -0.15) is 0 Å². The van der Waals surface area contributed by atoms with Gasteiger partial charge in [0.1, 0.15) is 0 Å². The van der Waals surface area contributed by atoms with Crippen LogP contribution >= 0.6 is 15.9 Å². The van der Waals surface area contributed by atoms with Crippen LogP contribution in [0.1, 0.15) is 5.69 Å². The van der Waals surface area contributed by atoms with Crippen molar-refractivity contribution in [2.45, 2.75) is 5.33 Å². The molecule has 82 valence electrons. The molecule has 2 aromatic heterocycles. The number of rotatable bonds is 3. The minimum Gasteiger partial charge on any atom is -0.481 e. The van der Waals surface area contributed by atoms with Crippen LogP contribution in [0.3, 0.4) is 0 Å². The highest BCUT2D eigenvalue weighted by molar-refractivity contribution is 9.08. The molecular formula is C12H11BrN2O. The summed E-state index contributed by atoms with van der Waals surface area (Å²) in [6, 6.07) is 7.81. The molecule has 0 aliphatic heterocycles. The number of aromatic nitrogens is 2. The second kappa shape index (κ2) is 5.07. The highest BCUT2D eigenvalue weighted by Gasteiger charge is 2.06. The average molecular weight is 279 g/mol. The van der Waals surface area contributed by atoms with E-state index in [0.717, 1.165) is 16.8 Å². The summed E-state index contributed by atoms with van der Waals surface area (Å²) in [5, 5.41) is 0.696. The van der Waals surface area contributed by atoms with Gasteiger partial charge in [-0.15, -0.1) is 0 Å². The van der Waals surface area contributed by atoms with Crippen molar-refractivity contribution in [3.8, 4) is 17.0 Å². The van der Waals surface area contributed by atoms with E-state index in [1.54, 1.807) is 19.5 Å². The summed E-state index contributed by atoms with van der Waals surface area (Å²) in [6.07, 6.45) is 3.55. The fourth-order valence-electron chi connectivity index (χ4n) is 1.49. The maximum Gasteiger partial charge on any atom is 0.213 e. The lowest BCUT2D eigenvalue weighted by atomic mass is 10.1. The van der Waals surface area contributed by atoms with Crippen molar-refractivity contribution in [3.63, 3.8) is 0 Å². The zero-order valence-electron chi connectivity index (χ0n) is 8.85. The van der Waals surface area contributed by atoms with Crippen LogP contribution in [0.5, 0.6) is 5.88 Å². The van der Waals surface area contributed by atoms with Gasteiger partial charge in [-0.3, -0.25) is 4.98 Å². The van der Waals surface area contributed by atoms with Gasteiger partial charge in [-0.1, -0.05) is 15.9 Å². The van der Waals surface area contributed by atoms with Gasteiger partial charge in [0.15, 0.2) is 0 Å². The third-order valence-electron chi connectivity index (χ3n) is 2.28. The first kappa shape index (κ1) is 11.1. The first-order valence-electron chi connectivity index (χ1n) is 4.85. The quantitative estimate of drug-likeness (QED) is 0.810. The van der Waals surface area contributed by atoms with E-state index in [4.69, 9.17) is 4.74 Å². The van der Waals surface area contributed by atoms with Crippen LogP contribution in [-0.2, 0) is 5.33 Å². The maximum absolute atomic E-state index is 5.10. The molecule has 2 rings (SSSR count). The predicted molar refractivity (Wildman–Crippen MR) is 66.7 cm³/mol. The van der Waals surface area contributed by atoms with Crippen molar-refractivity contribution in [2.24, 2.45) is 0 Å². The summed E-state index contributed by atoms with van der Waals surface area (Å²) in [5.74, 6) is 0.632. The summed E-state index contributed by atoms with van der Waals surface area (Å²) < 4.78 is 5.10. The van der Waals surface area contributed by atoms with Gasteiger partial charge in [0, 0.05) is 29.4 Å². The number of halogens is 1. The Morgan fingerprint density at radius 2 is 1.94 bits per heavy atom. The van der Waals surface area contributed by atoms with E-state index in [1.807, 2.05) is 24.3 Å². The van der Waals surface area contributed by atoms with Crippen molar-refractivity contribution in [1.29, 1.82) is 0 Å². The summed E-state index contributed by atoms with van der Waals surface area (Å²) >= 11 is 3.44. The third kappa shape index (κ3) is 2.22. The smallest absolute Gasteiger partial charge is 0.213 e. The molecule has 0 aliphatic carbocycles. The van der Waals surface area contributed by atoms with E-state index in [1.165, 1.54) is 0 Å². The van der Waals surface area contributed by atoms with Crippen molar-refractivity contribution in [1.82, 2.24) is 9.97 Å². The molecule has 0 N–H and O–H groups in total. The summed E-state index contributed by atoms with van der Waals surface area (Å²) in [6.45, 7) is 0. The molecule has 2 heterocycles. The molecule has 3 nitrogen and oxygen atoms in total. The number of methoxy groups -OCH3 is 1. The SMILES string of the molecule is COc1ccc(-c2ccncc2)c(CBr)n1. The zero-order chi connectivity index (χ0) is 11.4. The zero-order valence-corrected chi connectivity index (χ0v) is 10.4. The van der Waals surface area contributed by atoms with E-state index in [2.05, 4.69) is 25.9 Å². The lowest BCUT2D eigenvalue weighted by Crippen LogP contribution is -1.94. The molecule has 0 fully saturated rings. The molecule has 0 atom stereocenters. The van der Waals surface area contributed by atoms with Crippen molar-refractivity contribution in [3.05, 3.63) is 42.4 Å². The Bertz CT molecular complexity index is 474. The molecule has 2 aromatic rings. The van der Waals surface area contributed by atoms with Gasteiger partial charge >= 0.3 is 0 Å². The van der Waals surface area contributed by atoms with Crippen LogP contribution in [0.2, 0.25) is 0 Å². The van der Waals surface area contributed by atoms with Crippen molar-refractivity contribution in [2.75, 3.05) is 7.11 Å². The van der Waals surface area contributed by atoms with E-state index in [-0.39, 0.29) is 0 Å². The van der Waals surface area contributed by atoms with Crippen LogP contribution in [0.4, 0.5) is 0 Å². The van der Waals surface area contributed by atoms with Crippen LogP contribution in [0.15, 0.2) is 36.7 Å². The lowest BCUT2D eigenvalue weighted by Gasteiger charge is -2.08. The maximum atomic E-state index is 5.10. The molecule has 0 aliphatic rings. The Morgan fingerprint density at radius 1 is 1.19 bits per heavy atom. The first-order chi connectivity index (χ1) is 7.85. The van der Waals surface area contributed by atoms with Crippen LogP contribution in [0, 0.1) is 0 Å². The molecule has 0 unspecified atom stereocenters. The van der Waals surface area contributed by atoms with Crippen LogP contribution in [-0.4, -0.2) is 17.1 Å². The number of hydrogen-bond acceptors (Lipinski definition) is 3. The van der Waals surface area contributed by atoms with E-state index in [0.29, 0.717) is 11.2 Å². The Morgan fingerprint density at radius 3 is 2.56 bits per heavy atom. The second-order valence-corrected chi connectivity index (χ2v) is 3.78. The minimum atomic E-state index is 0.632. The normalized spacial score (nSPS) is 10.1. The molecule has 0 aromatic carbocycles. The molecule has 0 radical (unpaired) electrons. The molecule has 0 spiro atoms. The summed E-state index contributed by atoms with van der Waals surface area (Å²) in [7, 11) is 1.62. The number of alkyl halides is 1. The molecular weight excluding hydrogens is 268 g/mol. The van der Waals surface area contributed by atoms with Crippen LogP contribution < -0.4 is 4.74 Å². The molecule has 0 amide bonds. The molecule has 0 bridgehead atoms. The number of hydrogen-bond donors (Lipinski definition) is 0. The van der Waals surface area contributed by atoms with Crippen LogP contribution in [0.25, 0.3) is 11.1 Å². The van der Waals surface area contributed by atoms with Gasteiger partial charge in [-0.05, 0) is 23.8 Å². The Kier molecular flexibility index (Phi) is 3.51. The predicted octanol–water partition coefficient (Wildman–Crippen LogP) is 3.05. The average Bonchev–Trinajstić information content (AvgIpc) is 2.39. The molecule has 0 saturated carbocycles. The van der Waals surface area contributed by atoms with E-state index >= 15 is 0 Å². The first-order valence-corrected chi connectivity index (χ1v) is 5.97. The fourth-order valence-corrected chi connectivity index (χ4v) is 1.92. The summed E-state index contributed by atoms with van der Waals surface area (Å²) in [4.78, 5) is 8.40. The number of pyridine rings is 2. The highest BCUT2D eigenvalue weighted by Crippen LogP contribution is 2.25. The van der Waals surface area contributed by atoms with E-state index in [9.17, 15) is 0 Å². The highest BCUT2D eigenvalue weighted by atomic mass is 79.9. The lowest BCUT2D eigenvalue weighted by molar-refractivity contribution is 0.397. The molecule has 0 saturated heterocycles. The third-order valence-corrected chi connectivity index (χ3v) is 2.81. The van der Waals surface area contributed by atoms with Gasteiger partial charge < -0.3 is 4.74 Å². The minimum absolute atomic E-state index is 0.632. The summed E-state index contributed by atoms with van der Waals surface area (Å²) in [5.41, 5.74) is 3.17. The Balaban J connectivity index is 2.49. The van der Waals surface area contributed by atoms with E-state index < -0.39 is 0 Å². The van der Waals surface area contributed by atoms with Gasteiger partial charge in [0.25, 0.3) is 0 Å². The molecule has 4 heteroatoms. The second-order valence-electron chi connectivity index (χ2n) is 3.22. The Hall–Kier alpha value is -1.42. The van der Waals surface area contributed by atoms with Crippen molar-refractivity contribution < 1.29 is 4.74 Å². The Labute approximate surface area is 103 Å². The largest absolute Gasteiger partial charge is 0.481 e. The monoisotopic (exact) mass is 278 g/mol. The molecule has 16 heavy (non-hydrogen) atoms. The fraction of sp³-hybridized carbons (Fsp3) is 0.167. The standard InChI is InChI=1S/C12H11BrN2O/c1-16-12-3-2-10(11(8-13)15-12)9-4-6-14-7-5-9/h2-7H,8H2,1H3. The van der Waals surface area contributed by atoms with Gasteiger partial charge in [0.2, 0.25) is 5.88 Å². The number of nitrogens with zero attached hydrogens (tertiary/aromatic N) is 2.